The van der Waals surface area contributed by atoms with Gasteiger partial charge in [-0.15, -0.1) is 0 Å². The first-order chi connectivity index (χ1) is 12.6. The van der Waals surface area contributed by atoms with E-state index in [1.54, 1.807) is 13.0 Å². The molecule has 0 atom stereocenters. The molecule has 4 rings (SSSR count). The highest BCUT2D eigenvalue weighted by atomic mass is 19.1. The number of hydrogen-bond donors (Lipinski definition) is 1. The summed E-state index contributed by atoms with van der Waals surface area (Å²) < 4.78 is 21.2. The lowest BCUT2D eigenvalue weighted by molar-refractivity contribution is 0.0177. The molecule has 0 amide bonds. The van der Waals surface area contributed by atoms with Crippen molar-refractivity contribution in [2.45, 2.75) is 58.4 Å². The third-order valence-corrected chi connectivity index (χ3v) is 6.60. The molecule has 2 fully saturated rings. The van der Waals surface area contributed by atoms with E-state index in [0.29, 0.717) is 11.1 Å². The van der Waals surface area contributed by atoms with Gasteiger partial charge in [-0.1, -0.05) is 0 Å². The minimum atomic E-state index is -0.263. The molecule has 0 bridgehead atoms. The van der Waals surface area contributed by atoms with Crippen molar-refractivity contribution < 1.29 is 9.13 Å². The fraction of sp³-hybridized carbons (Fsp3) is 0.667. The van der Waals surface area contributed by atoms with Gasteiger partial charge in [0.1, 0.15) is 5.82 Å². The van der Waals surface area contributed by atoms with Crippen LogP contribution in [-0.2, 0) is 4.74 Å². The van der Waals surface area contributed by atoms with Crippen molar-refractivity contribution in [2.24, 2.45) is 17.8 Å². The molecule has 1 N–H and O–H groups in total. The number of aromatic amines is 1. The number of nitrogens with one attached hydrogen (secondary N) is 1. The predicted molar refractivity (Wildman–Crippen MR) is 101 cm³/mol. The second-order valence-electron chi connectivity index (χ2n) is 8.24. The van der Waals surface area contributed by atoms with Crippen LogP contribution in [0.1, 0.15) is 57.1 Å². The van der Waals surface area contributed by atoms with Gasteiger partial charge in [0.2, 0.25) is 0 Å². The Balaban J connectivity index is 1.41. The predicted octanol–water partition coefficient (Wildman–Crippen LogP) is 4.57. The fourth-order valence-electron chi connectivity index (χ4n) is 5.04. The highest BCUT2D eigenvalue weighted by Crippen LogP contribution is 2.46. The molecule has 1 heterocycles. The number of hydrogen-bond acceptors (Lipinski definition) is 2. The molecule has 2 aliphatic rings. The number of H-pyrrole nitrogens is 1. The average molecular weight is 360 g/mol. The van der Waals surface area contributed by atoms with E-state index >= 15 is 0 Å². The Labute approximate surface area is 153 Å². The second-order valence-corrected chi connectivity index (χ2v) is 8.24. The average Bonchev–Trinajstić information content (AvgIpc) is 2.89. The van der Waals surface area contributed by atoms with Crippen LogP contribution in [0.4, 0.5) is 4.39 Å². The first-order valence-electron chi connectivity index (χ1n) is 10.0. The molecular formula is C21H29FN2O2. The molecule has 2 aliphatic carbocycles. The lowest BCUT2D eigenvalue weighted by Gasteiger charge is -2.43. The van der Waals surface area contributed by atoms with Gasteiger partial charge in [0.25, 0.3) is 0 Å². The normalized spacial score (nSPS) is 29.0. The summed E-state index contributed by atoms with van der Waals surface area (Å²) in [6.07, 6.45) is 7.08. The molecule has 26 heavy (non-hydrogen) atoms. The first-order valence-corrected chi connectivity index (χ1v) is 10.0. The topological polar surface area (TPSA) is 47.0 Å². The summed E-state index contributed by atoms with van der Waals surface area (Å²) in [7, 11) is 0. The van der Waals surface area contributed by atoms with Crippen LogP contribution in [0.5, 0.6) is 0 Å². The Bertz CT molecular complexity index is 826. The van der Waals surface area contributed by atoms with Gasteiger partial charge in [0, 0.05) is 19.3 Å². The van der Waals surface area contributed by atoms with Crippen molar-refractivity contribution in [2.75, 3.05) is 13.2 Å². The fourth-order valence-corrected chi connectivity index (χ4v) is 5.04. The number of rotatable bonds is 5. The summed E-state index contributed by atoms with van der Waals surface area (Å²) in [5.74, 6) is 2.13. The van der Waals surface area contributed by atoms with Crippen LogP contribution in [0.3, 0.4) is 0 Å². The number of benzene rings is 1. The molecule has 2 aromatic rings. The minimum absolute atomic E-state index is 0.103. The van der Waals surface area contributed by atoms with Gasteiger partial charge < -0.3 is 9.72 Å². The van der Waals surface area contributed by atoms with E-state index in [9.17, 15) is 9.18 Å². The van der Waals surface area contributed by atoms with Crippen LogP contribution in [0.25, 0.3) is 11.0 Å². The Morgan fingerprint density at radius 2 is 1.92 bits per heavy atom. The minimum Gasteiger partial charge on any atom is -0.381 e. The third-order valence-electron chi connectivity index (χ3n) is 6.60. The first kappa shape index (κ1) is 17.8. The number of aromatic nitrogens is 2. The van der Waals surface area contributed by atoms with Gasteiger partial charge >= 0.3 is 5.69 Å². The van der Waals surface area contributed by atoms with Crippen molar-refractivity contribution in [1.29, 1.82) is 0 Å². The van der Waals surface area contributed by atoms with E-state index < -0.39 is 0 Å². The van der Waals surface area contributed by atoms with Crippen molar-refractivity contribution >= 4 is 11.0 Å². The Hall–Kier alpha value is -1.62. The van der Waals surface area contributed by atoms with E-state index in [1.807, 2.05) is 4.57 Å². The summed E-state index contributed by atoms with van der Waals surface area (Å²) in [5.41, 5.74) is 1.94. The van der Waals surface area contributed by atoms with Gasteiger partial charge in [0.05, 0.1) is 11.0 Å². The largest absolute Gasteiger partial charge is 0.381 e. The molecule has 2 saturated carbocycles. The molecule has 0 aliphatic heterocycles. The lowest BCUT2D eigenvalue weighted by atomic mass is 9.64. The van der Waals surface area contributed by atoms with Gasteiger partial charge in [-0.2, -0.15) is 0 Å². The summed E-state index contributed by atoms with van der Waals surface area (Å²) in [6.45, 7) is 5.54. The zero-order chi connectivity index (χ0) is 18.3. The standard InChI is InChI=1S/C21H29FN2O2/c1-3-26-12-14-9-16(10-14)15-4-6-17(7-5-15)24-20-8-13(2)18(22)11-19(20)23-21(24)25/h8,11,14-17H,3-7,9-10,12H2,1-2H3,(H,23,25)/t14-,15?,16+,17?. The third kappa shape index (κ3) is 3.22. The summed E-state index contributed by atoms with van der Waals surface area (Å²) in [5, 5.41) is 0. The summed E-state index contributed by atoms with van der Waals surface area (Å²) in [6, 6.07) is 3.48. The Morgan fingerprint density at radius 1 is 1.19 bits per heavy atom. The van der Waals surface area contributed by atoms with Crippen molar-refractivity contribution in [3.63, 3.8) is 0 Å². The van der Waals surface area contributed by atoms with Crippen molar-refractivity contribution in [3.05, 3.63) is 34.0 Å². The quantitative estimate of drug-likeness (QED) is 0.849. The van der Waals surface area contributed by atoms with Crippen LogP contribution in [0.2, 0.25) is 0 Å². The summed E-state index contributed by atoms with van der Waals surface area (Å²) in [4.78, 5) is 15.3. The zero-order valence-corrected chi connectivity index (χ0v) is 15.8. The number of imidazole rings is 1. The van der Waals surface area contributed by atoms with Crippen molar-refractivity contribution in [1.82, 2.24) is 9.55 Å². The van der Waals surface area contributed by atoms with Gasteiger partial charge in [0.15, 0.2) is 0 Å². The maximum Gasteiger partial charge on any atom is 0.326 e. The maximum atomic E-state index is 13.8. The van der Waals surface area contributed by atoms with Crippen LogP contribution in [0, 0.1) is 30.5 Å². The number of fused-ring (bicyclic) bond motifs is 1. The van der Waals surface area contributed by atoms with Crippen LogP contribution in [-0.4, -0.2) is 22.8 Å². The van der Waals surface area contributed by atoms with E-state index in [0.717, 1.165) is 49.3 Å². The van der Waals surface area contributed by atoms with Gasteiger partial charge in [-0.3, -0.25) is 4.57 Å². The highest BCUT2D eigenvalue weighted by Gasteiger charge is 2.37. The molecule has 1 aromatic carbocycles. The van der Waals surface area contributed by atoms with Crippen molar-refractivity contribution in [3.8, 4) is 0 Å². The number of halogens is 1. The van der Waals surface area contributed by atoms with Crippen LogP contribution in [0.15, 0.2) is 16.9 Å². The SMILES string of the molecule is CCOC[C@H]1C[C@@H](C2CCC(n3c(=O)[nH]c4cc(F)c(C)cc43)CC2)C1. The van der Waals surface area contributed by atoms with Crippen LogP contribution >= 0.6 is 0 Å². The molecular weight excluding hydrogens is 331 g/mol. The molecule has 0 saturated heterocycles. The molecule has 5 heteroatoms. The number of nitrogens with zero attached hydrogens (tertiary/aromatic N) is 1. The Kier molecular flexibility index (Phi) is 4.91. The highest BCUT2D eigenvalue weighted by molar-refractivity contribution is 5.76. The second kappa shape index (κ2) is 7.18. The smallest absolute Gasteiger partial charge is 0.326 e. The van der Waals surface area contributed by atoms with E-state index in [2.05, 4.69) is 11.9 Å². The zero-order valence-electron chi connectivity index (χ0n) is 15.8. The lowest BCUT2D eigenvalue weighted by Crippen LogP contribution is -2.35. The van der Waals surface area contributed by atoms with Gasteiger partial charge in [-0.05, 0) is 87.8 Å². The molecule has 0 spiro atoms. The van der Waals surface area contributed by atoms with Gasteiger partial charge in [-0.25, -0.2) is 9.18 Å². The molecule has 142 valence electrons. The van der Waals surface area contributed by atoms with E-state index in [1.165, 1.54) is 31.7 Å². The molecule has 0 radical (unpaired) electrons. The van der Waals surface area contributed by atoms with E-state index in [4.69, 9.17) is 4.74 Å². The summed E-state index contributed by atoms with van der Waals surface area (Å²) >= 11 is 0. The number of ether oxygens (including phenoxy) is 1. The maximum absolute atomic E-state index is 13.8. The molecule has 0 unspecified atom stereocenters. The number of aryl methyl sites for hydroxylation is 1. The monoisotopic (exact) mass is 360 g/mol. The molecule has 1 aromatic heterocycles. The Morgan fingerprint density at radius 3 is 2.62 bits per heavy atom. The van der Waals surface area contributed by atoms with Crippen LogP contribution < -0.4 is 5.69 Å². The molecule has 4 nitrogen and oxygen atoms in total. The van der Waals surface area contributed by atoms with E-state index in [-0.39, 0.29) is 17.5 Å².